The van der Waals surface area contributed by atoms with E-state index in [0.717, 1.165) is 22.5 Å². The van der Waals surface area contributed by atoms with Gasteiger partial charge in [-0.25, -0.2) is 12.8 Å². The molecular formula is C11H11ClFNO5S. The largest absolute Gasteiger partial charge is 0.480 e. The van der Waals surface area contributed by atoms with Crippen molar-refractivity contribution in [2.75, 3.05) is 19.8 Å². The SMILES string of the molecule is O=C(O)C1COCCN1S(=O)(=O)c1ccc(F)cc1Cl. The van der Waals surface area contributed by atoms with E-state index in [1.807, 2.05) is 0 Å². The minimum absolute atomic E-state index is 0.0851. The second-order valence-corrected chi connectivity index (χ2v) is 6.39. The van der Waals surface area contributed by atoms with E-state index in [1.165, 1.54) is 0 Å². The first-order valence-corrected chi connectivity index (χ1v) is 7.43. The number of nitrogens with zero attached hydrogens (tertiary/aromatic N) is 1. The van der Waals surface area contributed by atoms with Gasteiger partial charge in [0, 0.05) is 6.54 Å². The molecular weight excluding hydrogens is 313 g/mol. The molecule has 1 aromatic rings. The minimum Gasteiger partial charge on any atom is -0.480 e. The molecule has 1 heterocycles. The Morgan fingerprint density at radius 2 is 2.20 bits per heavy atom. The minimum atomic E-state index is -4.13. The van der Waals surface area contributed by atoms with Crippen molar-refractivity contribution in [2.45, 2.75) is 10.9 Å². The lowest BCUT2D eigenvalue weighted by Gasteiger charge is -2.31. The first kappa shape index (κ1) is 15.2. The number of aliphatic carboxylic acids is 1. The van der Waals surface area contributed by atoms with E-state index in [0.29, 0.717) is 0 Å². The zero-order valence-electron chi connectivity index (χ0n) is 10.1. The van der Waals surface area contributed by atoms with Gasteiger partial charge in [-0.2, -0.15) is 4.31 Å². The summed E-state index contributed by atoms with van der Waals surface area (Å²) in [4.78, 5) is 10.8. The number of carboxylic acid groups (broad SMARTS) is 1. The quantitative estimate of drug-likeness (QED) is 0.895. The van der Waals surface area contributed by atoms with Crippen LogP contribution in [-0.2, 0) is 19.6 Å². The maximum atomic E-state index is 13.0. The summed E-state index contributed by atoms with van der Waals surface area (Å²) in [6.07, 6.45) is 0. The third-order valence-electron chi connectivity index (χ3n) is 2.84. The Kier molecular flexibility index (Phi) is 4.28. The summed E-state index contributed by atoms with van der Waals surface area (Å²) < 4.78 is 43.6. The number of carboxylic acids is 1. The van der Waals surface area contributed by atoms with Gasteiger partial charge in [-0.15, -0.1) is 0 Å². The number of carbonyl (C=O) groups is 1. The van der Waals surface area contributed by atoms with Gasteiger partial charge in [0.2, 0.25) is 10.0 Å². The van der Waals surface area contributed by atoms with Crippen LogP contribution in [0.3, 0.4) is 0 Å². The van der Waals surface area contributed by atoms with Crippen molar-refractivity contribution in [3.8, 4) is 0 Å². The highest BCUT2D eigenvalue weighted by Gasteiger charge is 2.39. The van der Waals surface area contributed by atoms with Crippen LogP contribution in [-0.4, -0.2) is 49.6 Å². The highest BCUT2D eigenvalue weighted by atomic mass is 35.5. The highest BCUT2D eigenvalue weighted by Crippen LogP contribution is 2.27. The summed E-state index contributed by atoms with van der Waals surface area (Å²) in [6.45, 7) is -0.262. The van der Waals surface area contributed by atoms with Gasteiger partial charge in [0.1, 0.15) is 16.8 Å². The summed E-state index contributed by atoms with van der Waals surface area (Å²) in [5.74, 6) is -1.99. The van der Waals surface area contributed by atoms with Crippen LogP contribution in [0.2, 0.25) is 5.02 Å². The number of benzene rings is 1. The molecule has 0 saturated carbocycles. The molecule has 0 spiro atoms. The predicted octanol–water partition coefficient (Wildman–Crippen LogP) is 0.953. The van der Waals surface area contributed by atoms with Gasteiger partial charge >= 0.3 is 5.97 Å². The fourth-order valence-corrected chi connectivity index (χ4v) is 3.94. The molecule has 6 nitrogen and oxygen atoms in total. The van der Waals surface area contributed by atoms with E-state index >= 15 is 0 Å². The molecule has 0 radical (unpaired) electrons. The van der Waals surface area contributed by atoms with Crippen LogP contribution in [0.25, 0.3) is 0 Å². The number of sulfonamides is 1. The lowest BCUT2D eigenvalue weighted by Crippen LogP contribution is -2.52. The van der Waals surface area contributed by atoms with E-state index in [4.69, 9.17) is 21.4 Å². The average Bonchev–Trinajstić information content (AvgIpc) is 2.38. The molecule has 0 bridgehead atoms. The van der Waals surface area contributed by atoms with Gasteiger partial charge in [0.05, 0.1) is 18.2 Å². The standard InChI is InChI=1S/C11H11ClFNO5S/c12-8-5-7(13)1-2-10(8)20(17,18)14-3-4-19-6-9(14)11(15)16/h1-2,5,9H,3-4,6H2,(H,15,16). The van der Waals surface area contributed by atoms with Crippen molar-refractivity contribution in [3.05, 3.63) is 29.0 Å². The number of rotatable bonds is 3. The lowest BCUT2D eigenvalue weighted by molar-refractivity contribution is -0.146. The van der Waals surface area contributed by atoms with E-state index in [1.54, 1.807) is 0 Å². The zero-order chi connectivity index (χ0) is 14.9. The molecule has 20 heavy (non-hydrogen) atoms. The number of halogens is 2. The molecule has 1 aliphatic heterocycles. The fourth-order valence-electron chi connectivity index (χ4n) is 1.88. The number of hydrogen-bond donors (Lipinski definition) is 1. The maximum Gasteiger partial charge on any atom is 0.324 e. The van der Waals surface area contributed by atoms with Gasteiger partial charge < -0.3 is 9.84 Å². The van der Waals surface area contributed by atoms with Crippen molar-refractivity contribution < 1.29 is 27.4 Å². The van der Waals surface area contributed by atoms with E-state index in [-0.39, 0.29) is 29.7 Å². The second-order valence-electron chi connectivity index (χ2n) is 4.12. The first-order valence-electron chi connectivity index (χ1n) is 5.61. The van der Waals surface area contributed by atoms with Gasteiger partial charge in [-0.3, -0.25) is 4.79 Å². The molecule has 1 atom stereocenters. The van der Waals surface area contributed by atoms with Gasteiger partial charge in [0.25, 0.3) is 0 Å². The monoisotopic (exact) mass is 323 g/mol. The molecule has 110 valence electrons. The maximum absolute atomic E-state index is 13.0. The molecule has 2 rings (SSSR count). The van der Waals surface area contributed by atoms with E-state index in [9.17, 15) is 17.6 Å². The summed E-state index contributed by atoms with van der Waals surface area (Å²) in [5, 5.41) is 8.76. The normalized spacial score (nSPS) is 20.8. The highest BCUT2D eigenvalue weighted by molar-refractivity contribution is 7.89. The lowest BCUT2D eigenvalue weighted by atomic mass is 10.3. The first-order chi connectivity index (χ1) is 9.34. The van der Waals surface area contributed by atoms with Crippen LogP contribution >= 0.6 is 11.6 Å². The number of hydrogen-bond acceptors (Lipinski definition) is 4. The third-order valence-corrected chi connectivity index (χ3v) is 5.24. The topological polar surface area (TPSA) is 83.9 Å². The smallest absolute Gasteiger partial charge is 0.324 e. The van der Waals surface area contributed by atoms with Crippen molar-refractivity contribution >= 4 is 27.6 Å². The van der Waals surface area contributed by atoms with E-state index in [2.05, 4.69) is 0 Å². The Morgan fingerprint density at radius 1 is 1.50 bits per heavy atom. The van der Waals surface area contributed by atoms with Crippen molar-refractivity contribution in [2.24, 2.45) is 0 Å². The summed E-state index contributed by atoms with van der Waals surface area (Å²) in [6, 6.07) is 1.51. The van der Waals surface area contributed by atoms with Crippen molar-refractivity contribution in [3.63, 3.8) is 0 Å². The van der Waals surface area contributed by atoms with Crippen LogP contribution in [0.15, 0.2) is 23.1 Å². The van der Waals surface area contributed by atoms with E-state index < -0.39 is 27.9 Å². The fraction of sp³-hybridized carbons (Fsp3) is 0.364. The number of ether oxygens (including phenoxy) is 1. The molecule has 0 aromatic heterocycles. The Hall–Kier alpha value is -1.22. The summed E-state index contributed by atoms with van der Waals surface area (Å²) in [5.41, 5.74) is 0. The van der Waals surface area contributed by atoms with Gasteiger partial charge in [-0.1, -0.05) is 11.6 Å². The van der Waals surface area contributed by atoms with Crippen molar-refractivity contribution in [1.82, 2.24) is 4.31 Å². The Balaban J connectivity index is 2.45. The van der Waals surface area contributed by atoms with Crippen LogP contribution in [0.5, 0.6) is 0 Å². The molecule has 1 saturated heterocycles. The molecule has 1 aromatic carbocycles. The molecule has 9 heteroatoms. The summed E-state index contributed by atoms with van der Waals surface area (Å²) >= 11 is 5.74. The van der Waals surface area contributed by atoms with Crippen LogP contribution in [0.1, 0.15) is 0 Å². The average molecular weight is 324 g/mol. The van der Waals surface area contributed by atoms with Gasteiger partial charge in [-0.05, 0) is 18.2 Å². The molecule has 1 unspecified atom stereocenters. The van der Waals surface area contributed by atoms with Crippen molar-refractivity contribution in [1.29, 1.82) is 0 Å². The number of morpholine rings is 1. The summed E-state index contributed by atoms with van der Waals surface area (Å²) in [7, 11) is -4.13. The Labute approximate surface area is 119 Å². The van der Waals surface area contributed by atoms with Crippen LogP contribution in [0.4, 0.5) is 4.39 Å². The molecule has 1 N–H and O–H groups in total. The molecule has 1 fully saturated rings. The third kappa shape index (κ3) is 2.78. The zero-order valence-corrected chi connectivity index (χ0v) is 11.7. The molecule has 0 aliphatic carbocycles. The van der Waals surface area contributed by atoms with Gasteiger partial charge in [0.15, 0.2) is 0 Å². The molecule has 0 amide bonds. The Bertz CT molecular complexity index is 636. The molecule has 1 aliphatic rings. The van der Waals surface area contributed by atoms with Crippen LogP contribution in [0, 0.1) is 5.82 Å². The van der Waals surface area contributed by atoms with Crippen LogP contribution < -0.4 is 0 Å². The predicted molar refractivity (Wildman–Crippen MR) is 67.5 cm³/mol. The Morgan fingerprint density at radius 3 is 2.80 bits per heavy atom. The second kappa shape index (κ2) is 5.65.